The molecular weight excluding hydrogens is 362 g/mol. The fraction of sp³-hybridized carbons (Fsp3) is 0.200. The molecule has 3 aromatic rings. The molecule has 146 valence electrons. The number of carbonyl (C=O) groups is 2. The first-order chi connectivity index (χ1) is 14.0. The van der Waals surface area contributed by atoms with Crippen molar-refractivity contribution in [1.82, 2.24) is 0 Å². The Kier molecular flexibility index (Phi) is 5.17. The number of hydrogen-bond donors (Lipinski definition) is 0. The summed E-state index contributed by atoms with van der Waals surface area (Å²) in [5, 5.41) is 0. The van der Waals surface area contributed by atoms with Crippen molar-refractivity contribution < 1.29 is 14.3 Å². The standard InChI is InChI=1S/C25H23NO3/c1-17(2)16-29-21-12-13-23-22(14-21)24(27)25(28)26(23)15-18-8-10-20(11-9-18)19-6-4-3-5-7-19/h3-14,17H,15-16H2,1-2H3. The third-order valence-corrected chi connectivity index (χ3v) is 4.93. The van der Waals surface area contributed by atoms with E-state index in [9.17, 15) is 9.59 Å². The van der Waals surface area contributed by atoms with Crippen molar-refractivity contribution in [2.75, 3.05) is 11.5 Å². The Bertz CT molecular complexity index is 1040. The summed E-state index contributed by atoms with van der Waals surface area (Å²) < 4.78 is 5.70. The number of ether oxygens (including phenoxy) is 1. The van der Waals surface area contributed by atoms with Crippen molar-refractivity contribution in [3.63, 3.8) is 0 Å². The Balaban J connectivity index is 1.54. The van der Waals surface area contributed by atoms with Gasteiger partial charge in [0.15, 0.2) is 0 Å². The molecule has 0 saturated carbocycles. The van der Waals surface area contributed by atoms with Crippen LogP contribution in [0.3, 0.4) is 0 Å². The highest BCUT2D eigenvalue weighted by Crippen LogP contribution is 2.33. The summed E-state index contributed by atoms with van der Waals surface area (Å²) in [5.74, 6) is 0.0349. The molecule has 4 heteroatoms. The molecule has 0 aromatic heterocycles. The molecule has 0 radical (unpaired) electrons. The average molecular weight is 385 g/mol. The summed E-state index contributed by atoms with van der Waals surface area (Å²) in [6.07, 6.45) is 0. The highest BCUT2D eigenvalue weighted by molar-refractivity contribution is 6.52. The van der Waals surface area contributed by atoms with Gasteiger partial charge in [-0.15, -0.1) is 0 Å². The largest absolute Gasteiger partial charge is 0.493 e. The monoisotopic (exact) mass is 385 g/mol. The molecular formula is C25H23NO3. The molecule has 0 aliphatic carbocycles. The van der Waals surface area contributed by atoms with Crippen LogP contribution in [0.25, 0.3) is 11.1 Å². The predicted molar refractivity (Wildman–Crippen MR) is 114 cm³/mol. The van der Waals surface area contributed by atoms with Gasteiger partial charge >= 0.3 is 0 Å². The first kappa shape index (κ1) is 18.9. The summed E-state index contributed by atoms with van der Waals surface area (Å²) in [7, 11) is 0. The Hall–Kier alpha value is -3.40. The van der Waals surface area contributed by atoms with Crippen LogP contribution in [0.5, 0.6) is 5.75 Å². The minimum Gasteiger partial charge on any atom is -0.493 e. The van der Waals surface area contributed by atoms with Crippen LogP contribution < -0.4 is 9.64 Å². The van der Waals surface area contributed by atoms with Crippen LogP contribution in [0.4, 0.5) is 5.69 Å². The van der Waals surface area contributed by atoms with Crippen LogP contribution in [0.15, 0.2) is 72.8 Å². The van der Waals surface area contributed by atoms with Crippen molar-refractivity contribution in [1.29, 1.82) is 0 Å². The molecule has 29 heavy (non-hydrogen) atoms. The number of Topliss-reactive ketones (excluding diaryl/α,β-unsaturated/α-hetero) is 1. The van der Waals surface area contributed by atoms with E-state index in [1.54, 1.807) is 17.0 Å². The average Bonchev–Trinajstić information content (AvgIpc) is 2.98. The number of fused-ring (bicyclic) bond motifs is 1. The van der Waals surface area contributed by atoms with E-state index in [0.29, 0.717) is 36.1 Å². The number of carbonyl (C=O) groups excluding carboxylic acids is 2. The maximum absolute atomic E-state index is 12.6. The zero-order valence-corrected chi connectivity index (χ0v) is 16.6. The zero-order valence-electron chi connectivity index (χ0n) is 16.6. The highest BCUT2D eigenvalue weighted by atomic mass is 16.5. The van der Waals surface area contributed by atoms with Gasteiger partial charge in [-0.3, -0.25) is 9.59 Å². The van der Waals surface area contributed by atoms with Gasteiger partial charge in [-0.1, -0.05) is 68.4 Å². The number of ketones is 1. The molecule has 0 atom stereocenters. The lowest BCUT2D eigenvalue weighted by Crippen LogP contribution is -2.29. The lowest BCUT2D eigenvalue weighted by atomic mass is 10.0. The summed E-state index contributed by atoms with van der Waals surface area (Å²) in [4.78, 5) is 26.6. The van der Waals surface area contributed by atoms with E-state index in [0.717, 1.165) is 16.7 Å². The van der Waals surface area contributed by atoms with Gasteiger partial charge in [-0.05, 0) is 40.8 Å². The van der Waals surface area contributed by atoms with Crippen LogP contribution in [0.1, 0.15) is 29.8 Å². The molecule has 0 spiro atoms. The summed E-state index contributed by atoms with van der Waals surface area (Å²) in [6, 6.07) is 23.5. The smallest absolute Gasteiger partial charge is 0.299 e. The molecule has 4 nitrogen and oxygen atoms in total. The Labute approximate surface area is 170 Å². The van der Waals surface area contributed by atoms with Crippen LogP contribution >= 0.6 is 0 Å². The van der Waals surface area contributed by atoms with Crippen LogP contribution in [0.2, 0.25) is 0 Å². The van der Waals surface area contributed by atoms with E-state index in [4.69, 9.17) is 4.74 Å². The fourth-order valence-corrected chi connectivity index (χ4v) is 3.41. The number of hydrogen-bond acceptors (Lipinski definition) is 3. The van der Waals surface area contributed by atoms with Crippen molar-refractivity contribution in [3.8, 4) is 16.9 Å². The minimum absolute atomic E-state index is 0.360. The van der Waals surface area contributed by atoms with Crippen molar-refractivity contribution >= 4 is 17.4 Å². The first-order valence-corrected chi connectivity index (χ1v) is 9.80. The number of amides is 1. The lowest BCUT2D eigenvalue weighted by Gasteiger charge is -2.17. The van der Waals surface area contributed by atoms with Gasteiger partial charge in [-0.25, -0.2) is 0 Å². The fourth-order valence-electron chi connectivity index (χ4n) is 3.41. The molecule has 1 aliphatic rings. The molecule has 0 saturated heterocycles. The minimum atomic E-state index is -0.492. The SMILES string of the molecule is CC(C)COc1ccc2c(c1)C(=O)C(=O)N2Cc1ccc(-c2ccccc2)cc1. The predicted octanol–water partition coefficient (Wildman–Crippen LogP) is 5.12. The molecule has 0 N–H and O–H groups in total. The third-order valence-electron chi connectivity index (χ3n) is 4.93. The van der Waals surface area contributed by atoms with Gasteiger partial charge in [0.25, 0.3) is 11.7 Å². The molecule has 3 aromatic carbocycles. The molecule has 1 heterocycles. The second kappa shape index (κ2) is 7.92. The van der Waals surface area contributed by atoms with Gasteiger partial charge in [-0.2, -0.15) is 0 Å². The molecule has 0 bridgehead atoms. The van der Waals surface area contributed by atoms with Gasteiger partial charge in [0.2, 0.25) is 0 Å². The Morgan fingerprint density at radius 2 is 1.55 bits per heavy atom. The quantitative estimate of drug-likeness (QED) is 0.554. The molecule has 0 fully saturated rings. The van der Waals surface area contributed by atoms with Crippen molar-refractivity contribution in [2.45, 2.75) is 20.4 Å². The molecule has 4 rings (SSSR count). The van der Waals surface area contributed by atoms with E-state index >= 15 is 0 Å². The van der Waals surface area contributed by atoms with Gasteiger partial charge in [0.1, 0.15) is 5.75 Å². The third kappa shape index (κ3) is 3.92. The highest BCUT2D eigenvalue weighted by Gasteiger charge is 2.36. The number of benzene rings is 3. The van der Waals surface area contributed by atoms with E-state index in [1.807, 2.05) is 48.5 Å². The second-order valence-corrected chi connectivity index (χ2v) is 7.67. The summed E-state index contributed by atoms with van der Waals surface area (Å²) in [6.45, 7) is 5.05. The van der Waals surface area contributed by atoms with E-state index in [-0.39, 0.29) is 0 Å². The normalized spacial score (nSPS) is 13.1. The Morgan fingerprint density at radius 1 is 0.862 bits per heavy atom. The molecule has 1 amide bonds. The van der Waals surface area contributed by atoms with Gasteiger partial charge < -0.3 is 9.64 Å². The van der Waals surface area contributed by atoms with E-state index in [1.165, 1.54) is 0 Å². The summed E-state index contributed by atoms with van der Waals surface area (Å²) >= 11 is 0. The lowest BCUT2D eigenvalue weighted by molar-refractivity contribution is -0.114. The van der Waals surface area contributed by atoms with Crippen LogP contribution in [0, 0.1) is 5.92 Å². The molecule has 1 aliphatic heterocycles. The topological polar surface area (TPSA) is 46.6 Å². The van der Waals surface area contributed by atoms with Crippen LogP contribution in [-0.2, 0) is 11.3 Å². The number of rotatable bonds is 6. The van der Waals surface area contributed by atoms with E-state index in [2.05, 4.69) is 26.0 Å². The number of anilines is 1. The summed E-state index contributed by atoms with van der Waals surface area (Å²) in [5.41, 5.74) is 4.29. The zero-order chi connectivity index (χ0) is 20.4. The second-order valence-electron chi connectivity index (χ2n) is 7.67. The maximum Gasteiger partial charge on any atom is 0.299 e. The van der Waals surface area contributed by atoms with Crippen molar-refractivity contribution in [2.24, 2.45) is 5.92 Å². The van der Waals surface area contributed by atoms with Crippen LogP contribution in [-0.4, -0.2) is 18.3 Å². The molecule has 0 unspecified atom stereocenters. The van der Waals surface area contributed by atoms with E-state index < -0.39 is 11.7 Å². The Morgan fingerprint density at radius 3 is 2.24 bits per heavy atom. The number of nitrogens with zero attached hydrogens (tertiary/aromatic N) is 1. The van der Waals surface area contributed by atoms with Crippen molar-refractivity contribution in [3.05, 3.63) is 83.9 Å². The first-order valence-electron chi connectivity index (χ1n) is 9.80. The maximum atomic E-state index is 12.6. The van der Waals surface area contributed by atoms with Gasteiger partial charge in [0.05, 0.1) is 24.4 Å². The van der Waals surface area contributed by atoms with Gasteiger partial charge in [0, 0.05) is 0 Å².